The molecule has 0 spiro atoms. The van der Waals surface area contributed by atoms with Crippen LogP contribution in [-0.4, -0.2) is 20.8 Å². The van der Waals surface area contributed by atoms with Crippen molar-refractivity contribution in [3.05, 3.63) is 23.8 Å². The zero-order valence-electron chi connectivity index (χ0n) is 10.2. The van der Waals surface area contributed by atoms with Crippen LogP contribution < -0.4 is 14.8 Å². The molecule has 3 nitrogen and oxygen atoms in total. The van der Waals surface area contributed by atoms with Gasteiger partial charge < -0.3 is 14.8 Å². The molecule has 1 aromatic rings. The van der Waals surface area contributed by atoms with E-state index in [1.165, 1.54) is 5.56 Å². The first-order valence-corrected chi connectivity index (χ1v) is 5.76. The van der Waals surface area contributed by atoms with Crippen LogP contribution in [0.2, 0.25) is 0 Å². The summed E-state index contributed by atoms with van der Waals surface area (Å²) in [6.45, 7) is 2.64. The Morgan fingerprint density at radius 1 is 1.38 bits per heavy atom. The van der Waals surface area contributed by atoms with Gasteiger partial charge in [0.15, 0.2) is 11.5 Å². The van der Waals surface area contributed by atoms with E-state index >= 15 is 0 Å². The highest BCUT2D eigenvalue weighted by atomic mass is 16.5. The highest BCUT2D eigenvalue weighted by Gasteiger charge is 2.45. The summed E-state index contributed by atoms with van der Waals surface area (Å²) in [6.07, 6.45) is 2.32. The molecule has 0 amide bonds. The molecule has 0 bridgehead atoms. The van der Waals surface area contributed by atoms with Crippen molar-refractivity contribution in [2.24, 2.45) is 0 Å². The molecule has 16 heavy (non-hydrogen) atoms. The van der Waals surface area contributed by atoms with Crippen LogP contribution in [0.4, 0.5) is 0 Å². The zero-order chi connectivity index (χ0) is 11.6. The second kappa shape index (κ2) is 4.34. The Labute approximate surface area is 96.8 Å². The lowest BCUT2D eigenvalue weighted by atomic mass is 10.0. The maximum absolute atomic E-state index is 5.58. The van der Waals surface area contributed by atoms with Crippen molar-refractivity contribution in [3.8, 4) is 11.5 Å². The number of hydrogen-bond donors (Lipinski definition) is 1. The van der Waals surface area contributed by atoms with Gasteiger partial charge in [-0.3, -0.25) is 0 Å². The van der Waals surface area contributed by atoms with Gasteiger partial charge in [-0.05, 0) is 32.9 Å². The average molecular weight is 221 g/mol. The summed E-state index contributed by atoms with van der Waals surface area (Å²) >= 11 is 0. The summed E-state index contributed by atoms with van der Waals surface area (Å²) in [7, 11) is 3.70. The van der Waals surface area contributed by atoms with Crippen molar-refractivity contribution in [2.45, 2.75) is 25.3 Å². The van der Waals surface area contributed by atoms with Gasteiger partial charge in [-0.1, -0.05) is 12.1 Å². The van der Waals surface area contributed by atoms with Crippen molar-refractivity contribution >= 4 is 0 Å². The molecule has 0 unspecified atom stereocenters. The first-order valence-electron chi connectivity index (χ1n) is 5.76. The summed E-state index contributed by atoms with van der Waals surface area (Å²) in [6, 6.07) is 6.10. The van der Waals surface area contributed by atoms with Gasteiger partial charge in [0.25, 0.3) is 0 Å². The Bertz CT molecular complexity index is 372. The molecule has 1 aliphatic carbocycles. The first-order chi connectivity index (χ1) is 7.77. The van der Waals surface area contributed by atoms with Crippen molar-refractivity contribution in [1.29, 1.82) is 0 Å². The molecule has 1 N–H and O–H groups in total. The zero-order valence-corrected chi connectivity index (χ0v) is 10.2. The molecule has 0 saturated heterocycles. The highest BCUT2D eigenvalue weighted by molar-refractivity contribution is 5.51. The summed E-state index contributed by atoms with van der Waals surface area (Å²) in [5.41, 5.74) is 1.32. The molecule has 1 fully saturated rings. The molecule has 0 aliphatic heterocycles. The topological polar surface area (TPSA) is 30.5 Å². The van der Waals surface area contributed by atoms with Crippen LogP contribution in [0.15, 0.2) is 18.2 Å². The molecular formula is C13H19NO2. The number of rotatable bonds is 5. The monoisotopic (exact) mass is 221 g/mol. The van der Waals surface area contributed by atoms with Crippen LogP contribution in [0.3, 0.4) is 0 Å². The fourth-order valence-corrected chi connectivity index (χ4v) is 2.15. The number of nitrogens with one attached hydrogen (secondary N) is 1. The van der Waals surface area contributed by atoms with Gasteiger partial charge in [0.05, 0.1) is 13.7 Å². The van der Waals surface area contributed by atoms with Gasteiger partial charge in [-0.2, -0.15) is 0 Å². The Hall–Kier alpha value is -1.22. The fraction of sp³-hybridized carbons (Fsp3) is 0.538. The molecule has 0 aromatic heterocycles. The normalized spacial score (nSPS) is 16.9. The summed E-state index contributed by atoms with van der Waals surface area (Å²) in [5.74, 6) is 1.71. The van der Waals surface area contributed by atoms with E-state index in [1.54, 1.807) is 7.11 Å². The highest BCUT2D eigenvalue weighted by Crippen LogP contribution is 2.50. The van der Waals surface area contributed by atoms with Crippen LogP contribution in [0.25, 0.3) is 0 Å². The van der Waals surface area contributed by atoms with E-state index in [1.807, 2.05) is 26.1 Å². The van der Waals surface area contributed by atoms with Gasteiger partial charge >= 0.3 is 0 Å². The molecular weight excluding hydrogens is 202 g/mol. The van der Waals surface area contributed by atoms with E-state index in [2.05, 4.69) is 11.4 Å². The van der Waals surface area contributed by atoms with Crippen molar-refractivity contribution in [3.63, 3.8) is 0 Å². The molecule has 88 valence electrons. The predicted octanol–water partition coefficient (Wildman–Crippen LogP) is 2.30. The summed E-state index contributed by atoms with van der Waals surface area (Å²) < 4.78 is 11.1. The van der Waals surface area contributed by atoms with Gasteiger partial charge in [-0.25, -0.2) is 0 Å². The third-order valence-corrected chi connectivity index (χ3v) is 3.23. The summed E-state index contributed by atoms with van der Waals surface area (Å²) in [4.78, 5) is 0. The Morgan fingerprint density at radius 2 is 2.12 bits per heavy atom. The van der Waals surface area contributed by atoms with Crippen LogP contribution in [0.1, 0.15) is 25.3 Å². The number of ether oxygens (including phenoxy) is 2. The second-order valence-corrected chi connectivity index (χ2v) is 4.10. The molecule has 0 atom stereocenters. The standard InChI is InChI=1S/C13H19NO2/c1-4-16-11-7-5-6-10(12(11)15-3)13(14-2)8-9-13/h5-7,14H,4,8-9H2,1-3H3. The molecule has 1 aromatic carbocycles. The average Bonchev–Trinajstić information content (AvgIpc) is 3.10. The lowest BCUT2D eigenvalue weighted by Crippen LogP contribution is -2.25. The van der Waals surface area contributed by atoms with Gasteiger partial charge in [0.1, 0.15) is 0 Å². The van der Waals surface area contributed by atoms with Crippen LogP contribution in [0.5, 0.6) is 11.5 Å². The fourth-order valence-electron chi connectivity index (χ4n) is 2.15. The molecule has 3 heteroatoms. The summed E-state index contributed by atoms with van der Waals surface area (Å²) in [5, 5.41) is 3.38. The van der Waals surface area contributed by atoms with E-state index in [9.17, 15) is 0 Å². The van der Waals surface area contributed by atoms with Gasteiger partial charge in [0, 0.05) is 11.1 Å². The number of hydrogen-bond acceptors (Lipinski definition) is 3. The maximum Gasteiger partial charge on any atom is 0.165 e. The Balaban J connectivity index is 2.41. The van der Waals surface area contributed by atoms with Gasteiger partial charge in [-0.15, -0.1) is 0 Å². The smallest absolute Gasteiger partial charge is 0.165 e. The third-order valence-electron chi connectivity index (χ3n) is 3.23. The van der Waals surface area contributed by atoms with Crippen molar-refractivity contribution in [1.82, 2.24) is 5.32 Å². The Morgan fingerprint density at radius 3 is 2.62 bits per heavy atom. The minimum Gasteiger partial charge on any atom is -0.493 e. The molecule has 0 radical (unpaired) electrons. The third kappa shape index (κ3) is 1.76. The number of benzene rings is 1. The van der Waals surface area contributed by atoms with Crippen molar-refractivity contribution < 1.29 is 9.47 Å². The van der Waals surface area contributed by atoms with Crippen LogP contribution in [0, 0.1) is 0 Å². The van der Waals surface area contributed by atoms with E-state index in [0.717, 1.165) is 24.3 Å². The van der Waals surface area contributed by atoms with Crippen LogP contribution in [-0.2, 0) is 5.54 Å². The number of para-hydroxylation sites is 1. The predicted molar refractivity (Wildman–Crippen MR) is 64.1 cm³/mol. The second-order valence-electron chi connectivity index (χ2n) is 4.10. The molecule has 2 rings (SSSR count). The minimum atomic E-state index is 0.110. The van der Waals surface area contributed by atoms with Gasteiger partial charge in [0.2, 0.25) is 0 Å². The molecule has 1 aliphatic rings. The SMILES string of the molecule is CCOc1cccc(C2(NC)CC2)c1OC. The molecule has 0 heterocycles. The van der Waals surface area contributed by atoms with Crippen LogP contribution >= 0.6 is 0 Å². The van der Waals surface area contributed by atoms with E-state index < -0.39 is 0 Å². The molecule has 1 saturated carbocycles. The van der Waals surface area contributed by atoms with E-state index in [4.69, 9.17) is 9.47 Å². The lowest BCUT2D eigenvalue weighted by Gasteiger charge is -2.20. The maximum atomic E-state index is 5.58. The van der Waals surface area contributed by atoms with Crippen molar-refractivity contribution in [2.75, 3.05) is 20.8 Å². The Kier molecular flexibility index (Phi) is 3.06. The largest absolute Gasteiger partial charge is 0.493 e. The quantitative estimate of drug-likeness (QED) is 0.827. The van der Waals surface area contributed by atoms with E-state index in [-0.39, 0.29) is 5.54 Å². The first kappa shape index (κ1) is 11.3. The minimum absolute atomic E-state index is 0.110. The number of methoxy groups -OCH3 is 1. The lowest BCUT2D eigenvalue weighted by molar-refractivity contribution is 0.306. The van der Waals surface area contributed by atoms with E-state index in [0.29, 0.717) is 6.61 Å².